The van der Waals surface area contributed by atoms with Gasteiger partial charge in [-0.25, -0.2) is 13.6 Å². The Kier molecular flexibility index (Phi) is 7.40. The lowest BCUT2D eigenvalue weighted by molar-refractivity contribution is -0.132. The topological polar surface area (TPSA) is 74.4 Å². The molecule has 2 amide bonds. The molecule has 8 heteroatoms. The van der Waals surface area contributed by atoms with E-state index in [2.05, 4.69) is 10.3 Å². The highest BCUT2D eigenvalue weighted by Gasteiger charge is 2.26. The molecule has 1 atom stereocenters. The van der Waals surface area contributed by atoms with E-state index in [0.717, 1.165) is 34.2 Å². The van der Waals surface area contributed by atoms with Gasteiger partial charge in [-0.3, -0.25) is 4.79 Å². The molecule has 0 aliphatic heterocycles. The van der Waals surface area contributed by atoms with Gasteiger partial charge in [-0.2, -0.15) is 0 Å². The number of aromatic nitrogens is 1. The monoisotopic (exact) mass is 477 g/mol. The lowest BCUT2D eigenvalue weighted by Crippen LogP contribution is -2.48. The Bertz CT molecular complexity index is 1320. The van der Waals surface area contributed by atoms with Crippen molar-refractivity contribution in [1.29, 1.82) is 0 Å². The highest BCUT2D eigenvalue weighted by atomic mass is 19.1. The number of halogens is 2. The number of amides is 2. The minimum atomic E-state index is -0.967. The zero-order chi connectivity index (χ0) is 24.8. The van der Waals surface area contributed by atoms with Crippen molar-refractivity contribution in [3.63, 3.8) is 0 Å². The standard InChI is InChI=1S/C27H25F2N3O3/c1-32(16-19-11-12-21(28)14-23(19)29)26(33)25(13-20-15-30-24-10-6-5-9-22(20)24)31-27(34)35-17-18-7-3-2-4-8-18/h2-12,14-15,25,30H,13,16-17H2,1H3,(H,31,34). The van der Waals surface area contributed by atoms with E-state index in [0.29, 0.717) is 0 Å². The van der Waals surface area contributed by atoms with Gasteiger partial charge in [0.1, 0.15) is 24.3 Å². The summed E-state index contributed by atoms with van der Waals surface area (Å²) in [5, 5.41) is 3.59. The Hall–Kier alpha value is -4.20. The van der Waals surface area contributed by atoms with E-state index in [9.17, 15) is 18.4 Å². The Morgan fingerprint density at radius 1 is 1.00 bits per heavy atom. The number of hydrogen-bond acceptors (Lipinski definition) is 3. The van der Waals surface area contributed by atoms with Gasteiger partial charge in [0.15, 0.2) is 0 Å². The molecule has 1 aromatic heterocycles. The number of fused-ring (bicyclic) bond motifs is 1. The summed E-state index contributed by atoms with van der Waals surface area (Å²) in [6.07, 6.45) is 1.24. The van der Waals surface area contributed by atoms with E-state index in [1.807, 2.05) is 54.6 Å². The minimum absolute atomic E-state index is 0.0529. The maximum Gasteiger partial charge on any atom is 0.408 e. The van der Waals surface area contributed by atoms with E-state index in [4.69, 9.17) is 4.74 Å². The van der Waals surface area contributed by atoms with Gasteiger partial charge in [0, 0.05) is 48.7 Å². The first kappa shape index (κ1) is 23.9. The first-order valence-electron chi connectivity index (χ1n) is 11.1. The van der Waals surface area contributed by atoms with Crippen LogP contribution >= 0.6 is 0 Å². The van der Waals surface area contributed by atoms with Crippen LogP contribution in [0.3, 0.4) is 0 Å². The number of para-hydroxylation sites is 1. The molecule has 0 saturated heterocycles. The van der Waals surface area contributed by atoms with Crippen LogP contribution in [0.4, 0.5) is 13.6 Å². The van der Waals surface area contributed by atoms with Gasteiger partial charge in [-0.05, 0) is 23.3 Å². The van der Waals surface area contributed by atoms with Crippen molar-refractivity contribution in [3.8, 4) is 0 Å². The lowest BCUT2D eigenvalue weighted by atomic mass is 10.0. The molecule has 0 fully saturated rings. The van der Waals surface area contributed by atoms with Crippen molar-refractivity contribution < 1.29 is 23.1 Å². The minimum Gasteiger partial charge on any atom is -0.445 e. The van der Waals surface area contributed by atoms with Gasteiger partial charge in [0.25, 0.3) is 0 Å². The Balaban J connectivity index is 1.51. The van der Waals surface area contributed by atoms with Crippen LogP contribution in [-0.2, 0) is 29.1 Å². The van der Waals surface area contributed by atoms with Gasteiger partial charge in [-0.1, -0.05) is 54.6 Å². The first-order valence-corrected chi connectivity index (χ1v) is 11.1. The number of carbonyl (C=O) groups is 2. The summed E-state index contributed by atoms with van der Waals surface area (Å²) in [4.78, 5) is 30.4. The Labute approximate surface area is 201 Å². The quantitative estimate of drug-likeness (QED) is 0.377. The average Bonchev–Trinajstić information content (AvgIpc) is 3.27. The van der Waals surface area contributed by atoms with Crippen molar-refractivity contribution in [1.82, 2.24) is 15.2 Å². The van der Waals surface area contributed by atoms with E-state index in [1.54, 1.807) is 6.20 Å². The highest BCUT2D eigenvalue weighted by molar-refractivity contribution is 5.88. The SMILES string of the molecule is CN(Cc1ccc(F)cc1F)C(=O)C(Cc1c[nH]c2ccccc12)NC(=O)OCc1ccccc1. The molecule has 1 unspecified atom stereocenters. The zero-order valence-corrected chi connectivity index (χ0v) is 19.1. The second-order valence-corrected chi connectivity index (χ2v) is 8.25. The van der Waals surface area contributed by atoms with E-state index in [1.165, 1.54) is 18.0 Å². The molecule has 0 radical (unpaired) electrons. The van der Waals surface area contributed by atoms with Gasteiger partial charge < -0.3 is 19.9 Å². The molecule has 0 spiro atoms. The van der Waals surface area contributed by atoms with Gasteiger partial charge in [0.05, 0.1) is 0 Å². The second kappa shape index (κ2) is 10.8. The molecule has 180 valence electrons. The van der Waals surface area contributed by atoms with Crippen LogP contribution in [0.5, 0.6) is 0 Å². The molecule has 2 N–H and O–H groups in total. The van der Waals surface area contributed by atoms with Crippen molar-refractivity contribution >= 4 is 22.9 Å². The number of alkyl carbamates (subject to hydrolysis) is 1. The molecule has 0 aliphatic rings. The molecule has 0 saturated carbocycles. The van der Waals surface area contributed by atoms with Crippen molar-refractivity contribution in [2.75, 3.05) is 7.05 Å². The fraction of sp³-hybridized carbons (Fsp3) is 0.185. The van der Waals surface area contributed by atoms with Gasteiger partial charge >= 0.3 is 6.09 Å². The number of nitrogens with one attached hydrogen (secondary N) is 2. The van der Waals surface area contributed by atoms with E-state index < -0.39 is 29.7 Å². The molecule has 0 bridgehead atoms. The highest BCUT2D eigenvalue weighted by Crippen LogP contribution is 2.20. The maximum atomic E-state index is 14.2. The number of ether oxygens (including phenoxy) is 1. The average molecular weight is 478 g/mol. The Morgan fingerprint density at radius 2 is 1.74 bits per heavy atom. The largest absolute Gasteiger partial charge is 0.445 e. The first-order chi connectivity index (χ1) is 16.9. The summed E-state index contributed by atoms with van der Waals surface area (Å²) < 4.78 is 32.7. The number of hydrogen-bond donors (Lipinski definition) is 2. The van der Waals surface area contributed by atoms with Crippen LogP contribution in [-0.4, -0.2) is 35.0 Å². The zero-order valence-electron chi connectivity index (χ0n) is 19.1. The van der Waals surface area contributed by atoms with Crippen LogP contribution in [0.15, 0.2) is 79.0 Å². The number of aromatic amines is 1. The van der Waals surface area contributed by atoms with Crippen molar-refractivity contribution in [2.24, 2.45) is 0 Å². The fourth-order valence-electron chi connectivity index (χ4n) is 3.88. The molecular weight excluding hydrogens is 452 g/mol. The van der Waals surface area contributed by atoms with Gasteiger partial charge in [0.2, 0.25) is 5.91 Å². The molecule has 3 aromatic carbocycles. The Morgan fingerprint density at radius 3 is 2.51 bits per heavy atom. The molecule has 0 aliphatic carbocycles. The number of benzene rings is 3. The molecule has 4 aromatic rings. The van der Waals surface area contributed by atoms with Gasteiger partial charge in [-0.15, -0.1) is 0 Å². The lowest BCUT2D eigenvalue weighted by Gasteiger charge is -2.25. The van der Waals surface area contributed by atoms with E-state index >= 15 is 0 Å². The molecule has 35 heavy (non-hydrogen) atoms. The van der Waals surface area contributed by atoms with Crippen LogP contribution < -0.4 is 5.32 Å². The van der Waals surface area contributed by atoms with E-state index in [-0.39, 0.29) is 25.1 Å². The third-order valence-corrected chi connectivity index (χ3v) is 5.70. The normalized spacial score (nSPS) is 11.7. The maximum absolute atomic E-state index is 14.2. The number of carbonyl (C=O) groups excluding carboxylic acids is 2. The predicted molar refractivity (Wildman–Crippen MR) is 128 cm³/mol. The van der Waals surface area contributed by atoms with Crippen LogP contribution in [0.1, 0.15) is 16.7 Å². The summed E-state index contributed by atoms with van der Waals surface area (Å²) in [6, 6.07) is 19.1. The summed E-state index contributed by atoms with van der Waals surface area (Å²) in [5.41, 5.74) is 2.72. The van der Waals surface area contributed by atoms with Crippen LogP contribution in [0, 0.1) is 11.6 Å². The number of nitrogens with zero attached hydrogens (tertiary/aromatic N) is 1. The molecule has 6 nitrogen and oxygen atoms in total. The third kappa shape index (κ3) is 6.03. The molecule has 4 rings (SSSR count). The summed E-state index contributed by atoms with van der Waals surface area (Å²) in [6.45, 7) is -0.0344. The molecular formula is C27H25F2N3O3. The number of likely N-dealkylation sites (N-methyl/N-ethyl adjacent to an activating group) is 1. The smallest absolute Gasteiger partial charge is 0.408 e. The number of rotatable bonds is 8. The van der Waals surface area contributed by atoms with Crippen LogP contribution in [0.2, 0.25) is 0 Å². The molecule has 1 heterocycles. The summed E-state index contributed by atoms with van der Waals surface area (Å²) in [5.74, 6) is -1.87. The summed E-state index contributed by atoms with van der Waals surface area (Å²) in [7, 11) is 1.50. The predicted octanol–water partition coefficient (Wildman–Crippen LogP) is 4.94. The van der Waals surface area contributed by atoms with Crippen LogP contribution in [0.25, 0.3) is 10.9 Å². The summed E-state index contributed by atoms with van der Waals surface area (Å²) >= 11 is 0. The number of H-pyrrole nitrogens is 1. The third-order valence-electron chi connectivity index (χ3n) is 5.70. The van der Waals surface area contributed by atoms with Crippen molar-refractivity contribution in [3.05, 3.63) is 107 Å². The second-order valence-electron chi connectivity index (χ2n) is 8.25. The van der Waals surface area contributed by atoms with Crippen molar-refractivity contribution in [2.45, 2.75) is 25.6 Å². The fourth-order valence-corrected chi connectivity index (χ4v) is 3.88.